The molecule has 0 unspecified atom stereocenters. The van der Waals surface area contributed by atoms with Crippen molar-refractivity contribution in [2.24, 2.45) is 10.7 Å². The topological polar surface area (TPSA) is 130 Å². The maximum atomic E-state index is 12.8. The Bertz CT molecular complexity index is 1200. The largest absolute Gasteiger partial charge is 0.497 e. The second kappa shape index (κ2) is 12.6. The molecule has 0 radical (unpaired) electrons. The number of guanidine groups is 1. The van der Waals surface area contributed by atoms with Gasteiger partial charge in [-0.05, 0) is 83.0 Å². The van der Waals surface area contributed by atoms with Crippen LogP contribution in [0.3, 0.4) is 0 Å². The van der Waals surface area contributed by atoms with Gasteiger partial charge in [-0.15, -0.1) is 0 Å². The SMILES string of the molecule is COc1ccc(OC)c(NC(=S)/N=C(/Nc2nc(C)cc(C)n2)N2CCC(C(N)=O)(N3CCCCC3)CC2)c1. The van der Waals surface area contributed by atoms with Gasteiger partial charge < -0.3 is 25.4 Å². The molecular formula is C27H38N8O3S. The molecule has 12 heteroatoms. The number of aliphatic imine (C=N–C) groups is 1. The third kappa shape index (κ3) is 6.74. The molecule has 4 rings (SSSR count). The van der Waals surface area contributed by atoms with Gasteiger partial charge in [0.1, 0.15) is 17.0 Å². The van der Waals surface area contributed by atoms with Crippen molar-refractivity contribution in [1.29, 1.82) is 0 Å². The van der Waals surface area contributed by atoms with Crippen LogP contribution >= 0.6 is 12.2 Å². The van der Waals surface area contributed by atoms with Crippen molar-refractivity contribution in [1.82, 2.24) is 19.8 Å². The summed E-state index contributed by atoms with van der Waals surface area (Å²) < 4.78 is 10.8. The minimum absolute atomic E-state index is 0.219. The normalized spacial score (nSPS) is 17.8. The molecule has 210 valence electrons. The van der Waals surface area contributed by atoms with Crippen molar-refractivity contribution in [2.45, 2.75) is 51.5 Å². The van der Waals surface area contributed by atoms with Crippen LogP contribution in [0, 0.1) is 13.8 Å². The molecule has 1 amide bonds. The number of likely N-dealkylation sites (tertiary alicyclic amines) is 2. The lowest BCUT2D eigenvalue weighted by Crippen LogP contribution is -2.64. The number of primary amides is 1. The molecule has 1 aromatic carbocycles. The van der Waals surface area contributed by atoms with Crippen LogP contribution in [0.25, 0.3) is 0 Å². The number of carbonyl (C=O) groups excluding carboxylic acids is 1. The van der Waals surface area contributed by atoms with E-state index in [0.29, 0.717) is 55.0 Å². The van der Waals surface area contributed by atoms with Gasteiger partial charge in [0.25, 0.3) is 0 Å². The van der Waals surface area contributed by atoms with Crippen molar-refractivity contribution in [3.8, 4) is 11.5 Å². The second-order valence-corrected chi connectivity index (χ2v) is 10.3. The van der Waals surface area contributed by atoms with Crippen molar-refractivity contribution >= 4 is 40.8 Å². The molecule has 0 atom stereocenters. The van der Waals surface area contributed by atoms with Crippen LogP contribution in [-0.2, 0) is 4.79 Å². The number of hydrogen-bond acceptors (Lipinski definition) is 7. The average Bonchev–Trinajstić information content (AvgIpc) is 2.92. The lowest BCUT2D eigenvalue weighted by Gasteiger charge is -2.48. The Kier molecular flexibility index (Phi) is 9.18. The molecule has 2 fully saturated rings. The number of methoxy groups -OCH3 is 2. The smallest absolute Gasteiger partial charge is 0.238 e. The number of hydrogen-bond donors (Lipinski definition) is 3. The quantitative estimate of drug-likeness (QED) is 0.278. The van der Waals surface area contributed by atoms with Crippen LogP contribution in [0.1, 0.15) is 43.5 Å². The Morgan fingerprint density at radius 1 is 1.00 bits per heavy atom. The standard InChI is InChI=1S/C27H38N8O3S/c1-18-16-19(2)30-24(29-18)32-25(33-26(39)31-21-17-20(37-3)8-9-22(21)38-4)34-14-10-27(11-15-34,23(28)36)35-12-6-5-7-13-35/h8-9,16-17H,5-7,10-15H2,1-4H3,(H2,28,36)(H2,29,30,31,32,33,39). The van der Waals surface area contributed by atoms with Crippen LogP contribution in [0.2, 0.25) is 0 Å². The fourth-order valence-electron chi connectivity index (χ4n) is 5.34. The van der Waals surface area contributed by atoms with E-state index in [1.165, 1.54) is 6.42 Å². The number of benzene rings is 1. The number of nitrogens with two attached hydrogens (primary N) is 1. The van der Waals surface area contributed by atoms with E-state index in [9.17, 15) is 4.79 Å². The summed E-state index contributed by atoms with van der Waals surface area (Å²) in [7, 11) is 3.19. The maximum Gasteiger partial charge on any atom is 0.238 e. The van der Waals surface area contributed by atoms with Gasteiger partial charge in [-0.25, -0.2) is 9.97 Å². The highest BCUT2D eigenvalue weighted by atomic mass is 32.1. The van der Waals surface area contributed by atoms with E-state index in [2.05, 4.69) is 30.4 Å². The lowest BCUT2D eigenvalue weighted by molar-refractivity contribution is -0.134. The molecular weight excluding hydrogens is 516 g/mol. The van der Waals surface area contributed by atoms with Gasteiger partial charge in [-0.2, -0.15) is 4.99 Å². The Morgan fingerprint density at radius 2 is 1.67 bits per heavy atom. The van der Waals surface area contributed by atoms with Gasteiger partial charge in [-0.3, -0.25) is 15.0 Å². The summed E-state index contributed by atoms with van der Waals surface area (Å²) in [5.41, 5.74) is 7.66. The Balaban J connectivity index is 1.59. The van der Waals surface area contributed by atoms with Crippen molar-refractivity contribution in [3.05, 3.63) is 35.7 Å². The summed E-state index contributed by atoms with van der Waals surface area (Å²) in [5, 5.41) is 6.64. The molecule has 0 saturated carbocycles. The van der Waals surface area contributed by atoms with Crippen molar-refractivity contribution in [3.63, 3.8) is 0 Å². The Morgan fingerprint density at radius 3 is 2.26 bits per heavy atom. The number of ether oxygens (including phenoxy) is 2. The number of aromatic nitrogens is 2. The lowest BCUT2D eigenvalue weighted by atomic mass is 9.83. The van der Waals surface area contributed by atoms with Gasteiger partial charge >= 0.3 is 0 Å². The number of nitrogens with one attached hydrogen (secondary N) is 2. The zero-order valence-corrected chi connectivity index (χ0v) is 23.9. The maximum absolute atomic E-state index is 12.8. The molecule has 0 bridgehead atoms. The number of rotatable bonds is 6. The van der Waals surface area contributed by atoms with Crippen LogP contribution in [0.4, 0.5) is 11.6 Å². The second-order valence-electron chi connectivity index (χ2n) is 9.96. The summed E-state index contributed by atoms with van der Waals surface area (Å²) in [4.78, 5) is 30.9. The van der Waals surface area contributed by atoms with Crippen LogP contribution < -0.4 is 25.8 Å². The number of amides is 1. The van der Waals surface area contributed by atoms with Crippen molar-refractivity contribution in [2.75, 3.05) is 51.0 Å². The number of carbonyl (C=O) groups is 1. The van der Waals surface area contributed by atoms with Crippen LogP contribution in [0.5, 0.6) is 11.5 Å². The molecule has 0 aliphatic carbocycles. The molecule has 0 spiro atoms. The predicted molar refractivity (Wildman–Crippen MR) is 156 cm³/mol. The molecule has 4 N–H and O–H groups in total. The predicted octanol–water partition coefficient (Wildman–Crippen LogP) is 3.08. The molecule has 2 aromatic rings. The van der Waals surface area contributed by atoms with Gasteiger partial charge in [0, 0.05) is 30.5 Å². The van der Waals surface area contributed by atoms with E-state index >= 15 is 0 Å². The first-order chi connectivity index (χ1) is 18.7. The van der Waals surface area contributed by atoms with E-state index in [4.69, 9.17) is 32.4 Å². The van der Waals surface area contributed by atoms with E-state index in [0.717, 1.165) is 37.3 Å². The number of aryl methyl sites for hydroxylation is 2. The highest BCUT2D eigenvalue weighted by Crippen LogP contribution is 2.32. The summed E-state index contributed by atoms with van der Waals surface area (Å²) in [6.07, 6.45) is 4.56. The van der Waals surface area contributed by atoms with E-state index < -0.39 is 5.54 Å². The number of piperidine rings is 2. The highest BCUT2D eigenvalue weighted by molar-refractivity contribution is 7.80. The summed E-state index contributed by atoms with van der Waals surface area (Å²) >= 11 is 5.64. The zero-order valence-electron chi connectivity index (χ0n) is 23.1. The summed E-state index contributed by atoms with van der Waals surface area (Å²) in [5.74, 6) is 1.93. The zero-order chi connectivity index (χ0) is 28.0. The highest BCUT2D eigenvalue weighted by Gasteiger charge is 2.45. The first-order valence-corrected chi connectivity index (χ1v) is 13.7. The number of nitrogens with zero attached hydrogens (tertiary/aromatic N) is 5. The van der Waals surface area contributed by atoms with Crippen LogP contribution in [0.15, 0.2) is 29.3 Å². The Hall–Kier alpha value is -3.51. The molecule has 2 aliphatic rings. The minimum atomic E-state index is -0.648. The molecule has 2 aliphatic heterocycles. The fourth-order valence-corrected chi connectivity index (χ4v) is 5.54. The van der Waals surface area contributed by atoms with Crippen molar-refractivity contribution < 1.29 is 14.3 Å². The number of anilines is 2. The van der Waals surface area contributed by atoms with E-state index in [1.807, 2.05) is 26.0 Å². The van der Waals surface area contributed by atoms with E-state index in [1.54, 1.807) is 26.4 Å². The summed E-state index contributed by atoms with van der Waals surface area (Å²) in [6, 6.07) is 7.30. The molecule has 1 aromatic heterocycles. The van der Waals surface area contributed by atoms with Gasteiger partial charge in [0.2, 0.25) is 22.9 Å². The van der Waals surface area contributed by atoms with Gasteiger partial charge in [-0.1, -0.05) is 6.42 Å². The van der Waals surface area contributed by atoms with E-state index in [-0.39, 0.29) is 11.0 Å². The first-order valence-electron chi connectivity index (χ1n) is 13.2. The third-order valence-electron chi connectivity index (χ3n) is 7.37. The fraction of sp³-hybridized carbons (Fsp3) is 0.519. The summed E-state index contributed by atoms with van der Waals surface area (Å²) in [6.45, 7) is 6.77. The molecule has 39 heavy (non-hydrogen) atoms. The third-order valence-corrected chi connectivity index (χ3v) is 7.57. The monoisotopic (exact) mass is 554 g/mol. The molecule has 3 heterocycles. The minimum Gasteiger partial charge on any atom is -0.497 e. The number of thiocarbonyl (C=S) groups is 1. The molecule has 11 nitrogen and oxygen atoms in total. The van der Waals surface area contributed by atoms with Gasteiger partial charge in [0.15, 0.2) is 0 Å². The Labute approximate surface area is 235 Å². The average molecular weight is 555 g/mol. The molecule has 2 saturated heterocycles. The first kappa shape index (κ1) is 28.5. The van der Waals surface area contributed by atoms with Crippen LogP contribution in [-0.4, -0.2) is 82.7 Å². The van der Waals surface area contributed by atoms with Gasteiger partial charge in [0.05, 0.1) is 19.9 Å².